The van der Waals surface area contributed by atoms with Gasteiger partial charge in [0, 0.05) is 12.3 Å². The van der Waals surface area contributed by atoms with E-state index in [1.165, 1.54) is 0 Å². The number of likely N-dealkylation sites (tertiary alicyclic amines) is 1. The Morgan fingerprint density at radius 3 is 2.45 bits per heavy atom. The summed E-state index contributed by atoms with van der Waals surface area (Å²) in [5.74, 6) is -0.909. The lowest BCUT2D eigenvalue weighted by molar-refractivity contribution is -0.891. The minimum absolute atomic E-state index is 0. The van der Waals surface area contributed by atoms with E-state index in [1.807, 2.05) is 25.2 Å². The van der Waals surface area contributed by atoms with E-state index in [-0.39, 0.29) is 41.5 Å². The van der Waals surface area contributed by atoms with Crippen LogP contribution in [0.2, 0.25) is 0 Å². The highest BCUT2D eigenvalue weighted by Crippen LogP contribution is 2.42. The number of halogens is 1. The largest absolute Gasteiger partial charge is 1.00 e. The van der Waals surface area contributed by atoms with Gasteiger partial charge in [-0.25, -0.2) is 9.59 Å². The average Bonchev–Trinajstić information content (AvgIpc) is 3.32. The predicted molar refractivity (Wildman–Crippen MR) is 104 cm³/mol. The molecule has 162 valence electrons. The Balaban J connectivity index is 0.00000300. The number of likely N-dealkylation sites (N-methyl/N-ethyl adjacent to an activating group) is 1. The molecule has 2 aliphatic rings. The van der Waals surface area contributed by atoms with Crippen molar-refractivity contribution >= 4 is 11.9 Å². The van der Waals surface area contributed by atoms with Crippen molar-refractivity contribution < 1.29 is 45.6 Å². The predicted octanol–water partition coefficient (Wildman–Crippen LogP) is -0.606. The number of benzene rings is 1. The number of nitrogens with zero attached hydrogens (tertiary/aromatic N) is 1. The van der Waals surface area contributed by atoms with Gasteiger partial charge in [0.15, 0.2) is 18.2 Å². The molecule has 1 aromatic rings. The molecule has 3 atom stereocenters. The normalized spacial score (nSPS) is 26.4. The molecule has 3 rings (SSSR count). The van der Waals surface area contributed by atoms with Crippen molar-refractivity contribution in [1.82, 2.24) is 0 Å². The van der Waals surface area contributed by atoms with Crippen molar-refractivity contribution in [2.24, 2.45) is 5.92 Å². The van der Waals surface area contributed by atoms with Gasteiger partial charge in [-0.05, 0) is 25.3 Å². The van der Waals surface area contributed by atoms with Crippen LogP contribution < -0.4 is 17.0 Å². The van der Waals surface area contributed by atoms with E-state index in [0.717, 1.165) is 32.2 Å². The lowest BCUT2D eigenvalue weighted by Crippen LogP contribution is -3.00. The molecule has 1 saturated carbocycles. The van der Waals surface area contributed by atoms with Gasteiger partial charge in [0.05, 0.1) is 20.2 Å². The van der Waals surface area contributed by atoms with Crippen LogP contribution in [0.15, 0.2) is 30.3 Å². The Bertz CT molecular complexity index is 694. The molecule has 0 spiro atoms. The van der Waals surface area contributed by atoms with Crippen molar-refractivity contribution in [2.45, 2.75) is 50.7 Å². The number of ether oxygens (including phenoxy) is 2. The lowest BCUT2D eigenvalue weighted by Gasteiger charge is -2.33. The Morgan fingerprint density at radius 2 is 1.83 bits per heavy atom. The maximum Gasteiger partial charge on any atom is 0.361 e. The van der Waals surface area contributed by atoms with E-state index < -0.39 is 11.6 Å². The van der Waals surface area contributed by atoms with Gasteiger partial charge in [-0.15, -0.1) is 0 Å². The van der Waals surface area contributed by atoms with Crippen molar-refractivity contribution in [1.29, 1.82) is 0 Å². The summed E-state index contributed by atoms with van der Waals surface area (Å²) in [5, 5.41) is 11.5. The van der Waals surface area contributed by atoms with E-state index in [4.69, 9.17) is 9.47 Å². The van der Waals surface area contributed by atoms with E-state index in [9.17, 15) is 14.7 Å². The number of carbonyl (C=O) groups excluding carboxylic acids is 2. The summed E-state index contributed by atoms with van der Waals surface area (Å²) in [6, 6.07) is 9.15. The summed E-state index contributed by atoms with van der Waals surface area (Å²) < 4.78 is 11.4. The first-order valence-electron chi connectivity index (χ1n) is 10.4. The monoisotopic (exact) mass is 469 g/mol. The van der Waals surface area contributed by atoms with E-state index in [2.05, 4.69) is 0 Å². The second-order valence-corrected chi connectivity index (χ2v) is 8.42. The van der Waals surface area contributed by atoms with Crippen molar-refractivity contribution in [3.05, 3.63) is 35.9 Å². The minimum atomic E-state index is -1.61. The van der Waals surface area contributed by atoms with Gasteiger partial charge in [0.2, 0.25) is 0 Å². The Morgan fingerprint density at radius 1 is 1.17 bits per heavy atom. The molecule has 1 N–H and O–H groups in total. The second-order valence-electron chi connectivity index (χ2n) is 8.42. The molecule has 7 heteroatoms. The Hall–Kier alpha value is -1.44. The molecular formula is C22H32BrNO5. The van der Waals surface area contributed by atoms with Crippen LogP contribution in [-0.4, -0.2) is 60.9 Å². The van der Waals surface area contributed by atoms with Crippen LogP contribution in [0.1, 0.15) is 44.6 Å². The molecule has 1 saturated heterocycles. The average molecular weight is 470 g/mol. The highest BCUT2D eigenvalue weighted by atomic mass is 79.9. The van der Waals surface area contributed by atoms with Gasteiger partial charge in [-0.1, -0.05) is 43.2 Å². The van der Waals surface area contributed by atoms with Crippen molar-refractivity contribution in [2.75, 3.05) is 33.3 Å². The van der Waals surface area contributed by atoms with Crippen molar-refractivity contribution in [3.8, 4) is 0 Å². The quantitative estimate of drug-likeness (QED) is 0.426. The van der Waals surface area contributed by atoms with Gasteiger partial charge in [0.25, 0.3) is 0 Å². The van der Waals surface area contributed by atoms with Crippen LogP contribution in [-0.2, 0) is 24.7 Å². The number of rotatable bonds is 7. The molecule has 29 heavy (non-hydrogen) atoms. The highest BCUT2D eigenvalue weighted by molar-refractivity contribution is 5.81. The van der Waals surface area contributed by atoms with Gasteiger partial charge in [0.1, 0.15) is 6.54 Å². The number of quaternary nitrogens is 1. The summed E-state index contributed by atoms with van der Waals surface area (Å²) in [7, 11) is 1.98. The summed E-state index contributed by atoms with van der Waals surface area (Å²) in [6.45, 7) is 3.72. The number of hydrogen-bond donors (Lipinski definition) is 1. The van der Waals surface area contributed by atoms with Crippen molar-refractivity contribution in [3.63, 3.8) is 0 Å². The molecule has 1 aromatic carbocycles. The maximum atomic E-state index is 13.2. The summed E-state index contributed by atoms with van der Waals surface area (Å²) in [4.78, 5) is 25.0. The molecule has 1 aliphatic heterocycles. The standard InChI is InChI=1S/C22H32NO5.BrH/c1-3-27-20(24)16-23(2)14-13-19(15-23)28-21(25)22(26,18-11-7-8-12-18)17-9-5-4-6-10-17;/h4-6,9-10,18-19,26H,3,7-8,11-16H2,1-2H3;1H/q+1;/p-1/t19-,22-,23?;/m0./s1. The van der Waals surface area contributed by atoms with Gasteiger partial charge in [-0.2, -0.15) is 0 Å². The van der Waals surface area contributed by atoms with Crippen LogP contribution in [0.25, 0.3) is 0 Å². The summed E-state index contributed by atoms with van der Waals surface area (Å²) in [6.07, 6.45) is 4.06. The van der Waals surface area contributed by atoms with Crippen LogP contribution in [0.3, 0.4) is 0 Å². The molecule has 0 radical (unpaired) electrons. The molecule has 0 amide bonds. The third kappa shape index (κ3) is 5.38. The number of aliphatic hydroxyl groups is 1. The number of carbonyl (C=O) groups is 2. The van der Waals surface area contributed by atoms with E-state index >= 15 is 0 Å². The van der Waals surface area contributed by atoms with Crippen LogP contribution >= 0.6 is 0 Å². The molecule has 1 unspecified atom stereocenters. The topological polar surface area (TPSA) is 72.8 Å². The van der Waals surface area contributed by atoms with E-state index in [0.29, 0.717) is 29.6 Å². The number of hydrogen-bond acceptors (Lipinski definition) is 5. The fourth-order valence-corrected chi connectivity index (χ4v) is 4.69. The van der Waals surface area contributed by atoms with Gasteiger partial charge in [-0.3, -0.25) is 0 Å². The first kappa shape index (κ1) is 23.8. The maximum absolute atomic E-state index is 13.2. The highest BCUT2D eigenvalue weighted by Gasteiger charge is 2.50. The Labute approximate surface area is 183 Å². The fraction of sp³-hybridized carbons (Fsp3) is 0.636. The zero-order valence-corrected chi connectivity index (χ0v) is 18.9. The molecule has 0 aromatic heterocycles. The van der Waals surface area contributed by atoms with E-state index in [1.54, 1.807) is 19.1 Å². The lowest BCUT2D eigenvalue weighted by atomic mass is 9.80. The fourth-order valence-electron chi connectivity index (χ4n) is 4.69. The van der Waals surface area contributed by atoms with Crippen LogP contribution in [0, 0.1) is 5.92 Å². The molecule has 1 heterocycles. The Kier molecular flexibility index (Phi) is 8.26. The third-order valence-electron chi connectivity index (χ3n) is 6.20. The SMILES string of the molecule is CCOC(=O)C[N+]1(C)CC[C@H](OC(=O)[C@](O)(c2ccccc2)C2CCCC2)C1.[Br-]. The summed E-state index contributed by atoms with van der Waals surface area (Å²) >= 11 is 0. The zero-order valence-electron chi connectivity index (χ0n) is 17.3. The summed E-state index contributed by atoms with van der Waals surface area (Å²) in [5.41, 5.74) is -1.00. The second kappa shape index (κ2) is 10.0. The van der Waals surface area contributed by atoms with Gasteiger partial charge < -0.3 is 36.0 Å². The smallest absolute Gasteiger partial charge is 0.361 e. The van der Waals surface area contributed by atoms with Crippen LogP contribution in [0.4, 0.5) is 0 Å². The molecule has 6 nitrogen and oxygen atoms in total. The third-order valence-corrected chi connectivity index (χ3v) is 6.20. The van der Waals surface area contributed by atoms with Gasteiger partial charge >= 0.3 is 11.9 Å². The van der Waals surface area contributed by atoms with Crippen LogP contribution in [0.5, 0.6) is 0 Å². The molecular weight excluding hydrogens is 438 g/mol. The minimum Gasteiger partial charge on any atom is -1.00 e. The molecule has 1 aliphatic carbocycles. The first-order chi connectivity index (χ1) is 13.4. The molecule has 0 bridgehead atoms. The zero-order chi connectivity index (χ0) is 20.2. The first-order valence-corrected chi connectivity index (χ1v) is 10.4. The molecule has 2 fully saturated rings. The number of esters is 2.